The average molecular weight is 312 g/mol. The molecule has 1 aliphatic rings. The van der Waals surface area contributed by atoms with E-state index in [2.05, 4.69) is 4.85 Å². The summed E-state index contributed by atoms with van der Waals surface area (Å²) >= 11 is 0. The van der Waals surface area contributed by atoms with E-state index in [9.17, 15) is 9.59 Å². The number of carbonyl (C=O) groups excluding carboxylic acids is 1. The van der Waals surface area contributed by atoms with Crippen molar-refractivity contribution < 1.29 is 14.3 Å². The molecule has 1 heterocycles. The largest absolute Gasteiger partial charge is 0.506 e. The van der Waals surface area contributed by atoms with Gasteiger partial charge in [-0.2, -0.15) is 0 Å². The van der Waals surface area contributed by atoms with Crippen LogP contribution < -0.4 is 10.2 Å². The Bertz CT molecular complexity index is 888. The Kier molecular flexibility index (Phi) is 3.78. The van der Waals surface area contributed by atoms with Crippen molar-refractivity contribution >= 4 is 22.6 Å². The Morgan fingerprint density at radius 1 is 1.43 bits per heavy atom. The zero-order chi connectivity index (χ0) is 16.6. The van der Waals surface area contributed by atoms with Crippen LogP contribution in [-0.2, 0) is 4.74 Å². The number of benzene rings is 1. The molecule has 3 rings (SSSR count). The lowest BCUT2D eigenvalue weighted by Gasteiger charge is -2.16. The molecule has 6 nitrogen and oxygen atoms in total. The number of pyridine rings is 1. The molecule has 0 unspecified atom stereocenters. The van der Waals surface area contributed by atoms with Crippen molar-refractivity contribution in [3.8, 4) is 5.75 Å². The Labute approximate surface area is 133 Å². The molecule has 1 fully saturated rings. The molecule has 2 aromatic rings. The fraction of sp³-hybridized carbons (Fsp3) is 0.353. The normalized spacial score (nSPS) is 13.6. The highest BCUT2D eigenvalue weighted by atomic mass is 16.5. The highest BCUT2D eigenvalue weighted by Crippen LogP contribution is 2.42. The average Bonchev–Trinajstić information content (AvgIpc) is 3.39. The van der Waals surface area contributed by atoms with Gasteiger partial charge in [0, 0.05) is 17.6 Å². The van der Waals surface area contributed by atoms with Gasteiger partial charge in [0.25, 0.3) is 0 Å². The van der Waals surface area contributed by atoms with Gasteiger partial charge < -0.3 is 14.0 Å². The van der Waals surface area contributed by atoms with Crippen LogP contribution in [0.3, 0.4) is 0 Å². The second kappa shape index (κ2) is 5.76. The topological polar surface area (TPSA) is 61.9 Å². The van der Waals surface area contributed by atoms with E-state index in [1.807, 2.05) is 4.57 Å². The van der Waals surface area contributed by atoms with Gasteiger partial charge in [-0.3, -0.25) is 4.79 Å². The number of fused-ring (bicyclic) bond motifs is 1. The molecule has 118 valence electrons. The number of esters is 1. The molecule has 0 amide bonds. The molecule has 0 bridgehead atoms. The first-order chi connectivity index (χ1) is 11.1. The van der Waals surface area contributed by atoms with Crippen LogP contribution in [0.1, 0.15) is 36.2 Å². The van der Waals surface area contributed by atoms with Crippen molar-refractivity contribution in [2.45, 2.75) is 25.8 Å². The van der Waals surface area contributed by atoms with Crippen LogP contribution in [0.25, 0.3) is 15.7 Å². The second-order valence-corrected chi connectivity index (χ2v) is 5.36. The summed E-state index contributed by atoms with van der Waals surface area (Å²) < 4.78 is 12.2. The number of hydrogen-bond acceptors (Lipinski definition) is 4. The molecule has 0 N–H and O–H groups in total. The summed E-state index contributed by atoms with van der Waals surface area (Å²) in [4.78, 5) is 28.2. The number of methoxy groups -OCH3 is 1. The fourth-order valence-electron chi connectivity index (χ4n) is 2.69. The van der Waals surface area contributed by atoms with E-state index >= 15 is 0 Å². The molecule has 1 aliphatic carbocycles. The zero-order valence-electron chi connectivity index (χ0n) is 13.0. The lowest BCUT2D eigenvalue weighted by molar-refractivity contribution is 0.0524. The van der Waals surface area contributed by atoms with E-state index in [0.29, 0.717) is 22.3 Å². The minimum absolute atomic E-state index is 0.0175. The molecular formula is C17H16N2O4. The summed E-state index contributed by atoms with van der Waals surface area (Å²) in [5.41, 5.74) is 0.535. The van der Waals surface area contributed by atoms with Gasteiger partial charge in [0.1, 0.15) is 5.56 Å². The molecule has 1 aromatic heterocycles. The van der Waals surface area contributed by atoms with Gasteiger partial charge >= 0.3 is 5.97 Å². The maximum atomic E-state index is 12.7. The summed E-state index contributed by atoms with van der Waals surface area (Å²) in [7, 11) is 1.48. The predicted octanol–water partition coefficient (Wildman–Crippen LogP) is 3.07. The molecule has 0 radical (unpaired) electrons. The third-order valence-corrected chi connectivity index (χ3v) is 3.89. The highest BCUT2D eigenvalue weighted by molar-refractivity contribution is 5.97. The second-order valence-electron chi connectivity index (χ2n) is 5.36. The van der Waals surface area contributed by atoms with Crippen LogP contribution in [0, 0.1) is 6.57 Å². The third-order valence-electron chi connectivity index (χ3n) is 3.89. The molecule has 6 heteroatoms. The number of rotatable bonds is 4. The van der Waals surface area contributed by atoms with Gasteiger partial charge in [0.2, 0.25) is 11.1 Å². The highest BCUT2D eigenvalue weighted by Gasteiger charge is 2.29. The first-order valence-electron chi connectivity index (χ1n) is 7.42. The standard InChI is InChI=1S/C17H16N2O4/c1-4-23-17(21)12-9-19(10-5-6-10)14-11(15(12)20)7-8-13(18-2)16(14)22-3/h7-10H,4-6H2,1,3H3. The third kappa shape index (κ3) is 2.44. The monoisotopic (exact) mass is 312 g/mol. The number of nitrogens with zero attached hydrogens (tertiary/aromatic N) is 2. The maximum absolute atomic E-state index is 12.7. The summed E-state index contributed by atoms with van der Waals surface area (Å²) in [6.45, 7) is 9.16. The molecule has 0 spiro atoms. The molecule has 1 aromatic carbocycles. The number of aromatic nitrogens is 1. The van der Waals surface area contributed by atoms with Gasteiger partial charge in [-0.1, -0.05) is 12.1 Å². The van der Waals surface area contributed by atoms with E-state index in [1.165, 1.54) is 13.3 Å². The van der Waals surface area contributed by atoms with Gasteiger partial charge in [-0.25, -0.2) is 9.64 Å². The Balaban J connectivity index is 2.38. The van der Waals surface area contributed by atoms with Gasteiger partial charge in [0.15, 0.2) is 5.75 Å². The van der Waals surface area contributed by atoms with Gasteiger partial charge in [-0.05, 0) is 19.8 Å². The van der Waals surface area contributed by atoms with Crippen molar-refractivity contribution in [1.29, 1.82) is 0 Å². The molecule has 23 heavy (non-hydrogen) atoms. The summed E-state index contributed by atoms with van der Waals surface area (Å²) in [5, 5.41) is 0.367. The van der Waals surface area contributed by atoms with Gasteiger partial charge in [-0.15, -0.1) is 0 Å². The predicted molar refractivity (Wildman–Crippen MR) is 85.2 cm³/mol. The van der Waals surface area contributed by atoms with E-state index in [-0.39, 0.29) is 18.2 Å². The summed E-state index contributed by atoms with van der Waals surface area (Å²) in [5.74, 6) is -0.251. The van der Waals surface area contributed by atoms with Crippen LogP contribution in [0.15, 0.2) is 23.1 Å². The SMILES string of the molecule is [C-]#[N+]c1ccc2c(=O)c(C(=O)OCC)cn(C3CC3)c2c1OC. The van der Waals surface area contributed by atoms with E-state index in [1.54, 1.807) is 19.1 Å². The van der Waals surface area contributed by atoms with E-state index in [4.69, 9.17) is 16.0 Å². The van der Waals surface area contributed by atoms with Crippen molar-refractivity contribution in [3.63, 3.8) is 0 Å². The van der Waals surface area contributed by atoms with Crippen molar-refractivity contribution in [1.82, 2.24) is 4.57 Å². The minimum Gasteiger partial charge on any atom is -0.506 e. The van der Waals surface area contributed by atoms with E-state index < -0.39 is 11.4 Å². The minimum atomic E-state index is -0.623. The lowest BCUT2D eigenvalue weighted by atomic mass is 10.1. The van der Waals surface area contributed by atoms with Crippen LogP contribution in [-0.4, -0.2) is 24.3 Å². The molecular weight excluding hydrogens is 296 g/mol. The molecule has 0 aliphatic heterocycles. The molecule has 0 atom stereocenters. The van der Waals surface area contributed by atoms with Crippen LogP contribution >= 0.6 is 0 Å². The number of hydrogen-bond donors (Lipinski definition) is 0. The number of ether oxygens (including phenoxy) is 2. The molecule has 1 saturated carbocycles. The van der Waals surface area contributed by atoms with Crippen molar-refractivity contribution in [3.05, 3.63) is 45.5 Å². The van der Waals surface area contributed by atoms with Gasteiger partial charge in [0.05, 0.1) is 25.8 Å². The Morgan fingerprint density at radius 3 is 2.74 bits per heavy atom. The van der Waals surface area contributed by atoms with Crippen LogP contribution in [0.5, 0.6) is 5.75 Å². The first kappa shape index (κ1) is 15.1. The Hall–Kier alpha value is -2.81. The van der Waals surface area contributed by atoms with Crippen LogP contribution in [0.4, 0.5) is 5.69 Å². The fourth-order valence-corrected chi connectivity index (χ4v) is 2.69. The number of carbonyl (C=O) groups is 1. The Morgan fingerprint density at radius 2 is 2.17 bits per heavy atom. The van der Waals surface area contributed by atoms with Crippen molar-refractivity contribution in [2.75, 3.05) is 13.7 Å². The smallest absolute Gasteiger partial charge is 0.343 e. The summed E-state index contributed by atoms with van der Waals surface area (Å²) in [6, 6.07) is 3.33. The van der Waals surface area contributed by atoms with Crippen LogP contribution in [0.2, 0.25) is 0 Å². The maximum Gasteiger partial charge on any atom is 0.343 e. The van der Waals surface area contributed by atoms with E-state index in [0.717, 1.165) is 12.8 Å². The first-order valence-corrected chi connectivity index (χ1v) is 7.42. The summed E-state index contributed by atoms with van der Waals surface area (Å²) in [6.07, 6.45) is 3.47. The lowest BCUT2D eigenvalue weighted by Crippen LogP contribution is -2.21. The quantitative estimate of drug-likeness (QED) is 0.643. The molecule has 0 saturated heterocycles. The van der Waals surface area contributed by atoms with Crippen molar-refractivity contribution in [2.24, 2.45) is 0 Å². The zero-order valence-corrected chi connectivity index (χ0v) is 13.0.